The zero-order chi connectivity index (χ0) is 16.1. The second-order valence-corrected chi connectivity index (χ2v) is 5.59. The number of aromatic amines is 1. The predicted molar refractivity (Wildman–Crippen MR) is 90.0 cm³/mol. The van der Waals surface area contributed by atoms with E-state index in [1.807, 2.05) is 41.8 Å². The number of rotatable bonds is 5. The predicted octanol–water partition coefficient (Wildman–Crippen LogP) is 2.91. The van der Waals surface area contributed by atoms with Gasteiger partial charge in [0.1, 0.15) is 11.4 Å². The summed E-state index contributed by atoms with van der Waals surface area (Å²) in [4.78, 5) is 13.0. The maximum Gasteiger partial charge on any atom is 0.289 e. The lowest BCUT2D eigenvalue weighted by atomic mass is 10.1. The van der Waals surface area contributed by atoms with E-state index in [1.54, 1.807) is 30.7 Å². The molecule has 0 aliphatic rings. The quantitative estimate of drug-likeness (QED) is 0.559. The summed E-state index contributed by atoms with van der Waals surface area (Å²) in [6.07, 6.45) is 1.60. The fraction of sp³-hybridized carbons (Fsp3) is 0.0625. The van der Waals surface area contributed by atoms with Crippen LogP contribution in [0.3, 0.4) is 0 Å². The molecule has 2 aromatic heterocycles. The molecule has 3 rings (SSSR count). The average Bonchev–Trinajstić information content (AvgIpc) is 3.26. The highest BCUT2D eigenvalue weighted by atomic mass is 32.1. The Balaban J connectivity index is 1.67. The summed E-state index contributed by atoms with van der Waals surface area (Å²) < 4.78 is 5.12. The van der Waals surface area contributed by atoms with E-state index in [-0.39, 0.29) is 5.91 Å². The van der Waals surface area contributed by atoms with Crippen LogP contribution in [0.5, 0.6) is 5.75 Å². The molecule has 2 heterocycles. The van der Waals surface area contributed by atoms with Crippen molar-refractivity contribution in [2.75, 3.05) is 7.11 Å². The Hall–Kier alpha value is -2.93. The third-order valence-electron chi connectivity index (χ3n) is 3.11. The van der Waals surface area contributed by atoms with Gasteiger partial charge in [-0.2, -0.15) is 10.2 Å². The molecule has 0 atom stereocenters. The van der Waals surface area contributed by atoms with Gasteiger partial charge in [0.25, 0.3) is 5.91 Å². The van der Waals surface area contributed by atoms with Crippen LogP contribution in [0.1, 0.15) is 15.4 Å². The van der Waals surface area contributed by atoms with Gasteiger partial charge < -0.3 is 4.74 Å². The maximum absolute atomic E-state index is 12.0. The van der Waals surface area contributed by atoms with E-state index in [0.717, 1.165) is 16.2 Å². The number of hydrazone groups is 1. The number of nitrogens with zero attached hydrogens (tertiary/aromatic N) is 2. The minimum atomic E-state index is -0.343. The largest absolute Gasteiger partial charge is 0.497 e. The highest BCUT2D eigenvalue weighted by Crippen LogP contribution is 2.21. The molecule has 0 aliphatic carbocycles. The fourth-order valence-corrected chi connectivity index (χ4v) is 2.51. The summed E-state index contributed by atoms with van der Waals surface area (Å²) >= 11 is 1.54. The summed E-state index contributed by atoms with van der Waals surface area (Å²) in [5, 5.41) is 12.7. The van der Waals surface area contributed by atoms with Crippen LogP contribution in [0.2, 0.25) is 0 Å². The lowest BCUT2D eigenvalue weighted by Crippen LogP contribution is -2.17. The number of hydrogen-bond acceptors (Lipinski definition) is 5. The number of amides is 1. The monoisotopic (exact) mass is 326 g/mol. The topological polar surface area (TPSA) is 79.4 Å². The Kier molecular flexibility index (Phi) is 4.49. The van der Waals surface area contributed by atoms with Crippen molar-refractivity contribution >= 4 is 23.5 Å². The zero-order valence-corrected chi connectivity index (χ0v) is 13.1. The normalized spacial score (nSPS) is 10.8. The molecule has 0 saturated carbocycles. The third kappa shape index (κ3) is 3.64. The van der Waals surface area contributed by atoms with Crippen LogP contribution in [0.15, 0.2) is 52.9 Å². The number of aromatic nitrogens is 2. The number of benzene rings is 1. The number of carbonyl (C=O) groups excluding carboxylic acids is 1. The molecule has 0 bridgehead atoms. The Morgan fingerprint density at radius 3 is 2.87 bits per heavy atom. The Bertz CT molecular complexity index is 807. The summed E-state index contributed by atoms with van der Waals surface area (Å²) in [5.74, 6) is 0.426. The van der Waals surface area contributed by atoms with Crippen molar-refractivity contribution in [1.82, 2.24) is 15.6 Å². The Morgan fingerprint density at radius 1 is 1.35 bits per heavy atom. The van der Waals surface area contributed by atoms with Crippen LogP contribution >= 0.6 is 11.3 Å². The molecule has 116 valence electrons. The smallest absolute Gasteiger partial charge is 0.289 e. The average molecular weight is 326 g/mol. The number of ether oxygens (including phenoxy) is 1. The molecule has 2 N–H and O–H groups in total. The summed E-state index contributed by atoms with van der Waals surface area (Å²) in [5.41, 5.74) is 4.39. The second kappa shape index (κ2) is 6.89. The van der Waals surface area contributed by atoms with Crippen molar-refractivity contribution in [2.45, 2.75) is 0 Å². The number of thiophene rings is 1. The molecule has 0 fully saturated rings. The van der Waals surface area contributed by atoms with Gasteiger partial charge in [0.15, 0.2) is 0 Å². The second-order valence-electron chi connectivity index (χ2n) is 4.61. The van der Waals surface area contributed by atoms with E-state index in [2.05, 4.69) is 20.7 Å². The first-order chi connectivity index (χ1) is 11.3. The van der Waals surface area contributed by atoms with Gasteiger partial charge in [-0.3, -0.25) is 9.89 Å². The molecule has 0 saturated heterocycles. The molecule has 1 amide bonds. The standard InChI is InChI=1S/C16H14N4O2S/c1-22-12-6-4-11(5-7-12)14-9-15(19-18-14)16(21)20-17-10-13-3-2-8-23-13/h2-10H,1H3,(H,18,19)(H,20,21)/b17-10+. The van der Waals surface area contributed by atoms with Gasteiger partial charge in [-0.05, 0) is 41.8 Å². The first-order valence-corrected chi connectivity index (χ1v) is 7.71. The van der Waals surface area contributed by atoms with E-state index < -0.39 is 0 Å². The summed E-state index contributed by atoms with van der Waals surface area (Å²) in [7, 11) is 1.61. The van der Waals surface area contributed by atoms with Crippen molar-refractivity contribution in [3.05, 3.63) is 58.4 Å². The van der Waals surface area contributed by atoms with Gasteiger partial charge in [-0.1, -0.05) is 6.07 Å². The summed E-state index contributed by atoms with van der Waals surface area (Å²) in [6, 6.07) is 13.0. The SMILES string of the molecule is COc1ccc(-c2cc(C(=O)N/N=C/c3cccs3)[nH]n2)cc1. The minimum absolute atomic E-state index is 0.343. The molecule has 1 aromatic carbocycles. The van der Waals surface area contributed by atoms with E-state index in [0.29, 0.717) is 11.4 Å². The first kappa shape index (κ1) is 15.0. The number of nitrogens with one attached hydrogen (secondary N) is 2. The molecule has 7 heteroatoms. The van der Waals surface area contributed by atoms with Gasteiger partial charge in [-0.25, -0.2) is 5.43 Å². The van der Waals surface area contributed by atoms with Gasteiger partial charge in [0.2, 0.25) is 0 Å². The van der Waals surface area contributed by atoms with Gasteiger partial charge in [-0.15, -0.1) is 11.3 Å². The molecule has 0 aliphatic heterocycles. The lowest BCUT2D eigenvalue weighted by molar-refractivity contribution is 0.0950. The third-order valence-corrected chi connectivity index (χ3v) is 3.92. The molecule has 6 nitrogen and oxygen atoms in total. The Labute approximate surface area is 136 Å². The molecule has 0 radical (unpaired) electrons. The number of hydrogen-bond donors (Lipinski definition) is 2. The molecular weight excluding hydrogens is 312 g/mol. The number of H-pyrrole nitrogens is 1. The molecule has 0 unspecified atom stereocenters. The maximum atomic E-state index is 12.0. The highest BCUT2D eigenvalue weighted by Gasteiger charge is 2.10. The van der Waals surface area contributed by atoms with Crippen LogP contribution in [0, 0.1) is 0 Å². The minimum Gasteiger partial charge on any atom is -0.497 e. The van der Waals surface area contributed by atoms with Crippen LogP contribution < -0.4 is 10.2 Å². The summed E-state index contributed by atoms with van der Waals surface area (Å²) in [6.45, 7) is 0. The van der Waals surface area contributed by atoms with Gasteiger partial charge >= 0.3 is 0 Å². The molecule has 23 heavy (non-hydrogen) atoms. The van der Waals surface area contributed by atoms with Gasteiger partial charge in [0.05, 0.1) is 19.0 Å². The van der Waals surface area contributed by atoms with Crippen molar-refractivity contribution in [3.8, 4) is 17.0 Å². The van der Waals surface area contributed by atoms with Crippen LogP contribution in [0.4, 0.5) is 0 Å². The lowest BCUT2D eigenvalue weighted by Gasteiger charge is -1.99. The van der Waals surface area contributed by atoms with Crippen LogP contribution in [-0.2, 0) is 0 Å². The van der Waals surface area contributed by atoms with E-state index in [9.17, 15) is 4.79 Å². The highest BCUT2D eigenvalue weighted by molar-refractivity contribution is 7.11. The van der Waals surface area contributed by atoms with Crippen LogP contribution in [-0.4, -0.2) is 29.4 Å². The van der Waals surface area contributed by atoms with E-state index >= 15 is 0 Å². The molecule has 0 spiro atoms. The number of carbonyl (C=O) groups is 1. The molecular formula is C16H14N4O2S. The number of methoxy groups -OCH3 is 1. The van der Waals surface area contributed by atoms with Crippen molar-refractivity contribution in [1.29, 1.82) is 0 Å². The van der Waals surface area contributed by atoms with Gasteiger partial charge in [0, 0.05) is 10.4 Å². The van der Waals surface area contributed by atoms with E-state index in [1.165, 1.54) is 0 Å². The first-order valence-electron chi connectivity index (χ1n) is 6.83. The van der Waals surface area contributed by atoms with Crippen molar-refractivity contribution in [2.24, 2.45) is 5.10 Å². The van der Waals surface area contributed by atoms with Crippen LogP contribution in [0.25, 0.3) is 11.3 Å². The van der Waals surface area contributed by atoms with E-state index in [4.69, 9.17) is 4.74 Å². The van der Waals surface area contributed by atoms with Crippen molar-refractivity contribution in [3.63, 3.8) is 0 Å². The Morgan fingerprint density at radius 2 is 2.17 bits per heavy atom. The van der Waals surface area contributed by atoms with Crippen molar-refractivity contribution < 1.29 is 9.53 Å². The fourth-order valence-electron chi connectivity index (χ4n) is 1.93. The zero-order valence-electron chi connectivity index (χ0n) is 12.3. The molecule has 3 aromatic rings.